The van der Waals surface area contributed by atoms with Crippen molar-refractivity contribution in [1.82, 2.24) is 10.6 Å². The Morgan fingerprint density at radius 3 is 2.61 bits per heavy atom. The third-order valence-electron chi connectivity index (χ3n) is 5.47. The second kappa shape index (κ2) is 10.1. The van der Waals surface area contributed by atoms with Gasteiger partial charge in [0, 0.05) is 37.4 Å². The average Bonchev–Trinajstić information content (AvgIpc) is 3.25. The van der Waals surface area contributed by atoms with Crippen molar-refractivity contribution in [1.29, 1.82) is 5.41 Å². The van der Waals surface area contributed by atoms with Crippen molar-refractivity contribution in [2.45, 2.75) is 41.1 Å². The summed E-state index contributed by atoms with van der Waals surface area (Å²) in [6, 6.07) is 3.35. The largest absolute Gasteiger partial charge is 0.371 e. The van der Waals surface area contributed by atoms with Gasteiger partial charge >= 0.3 is 0 Å². The van der Waals surface area contributed by atoms with E-state index in [4.69, 9.17) is 22.1 Å². The molecule has 2 heterocycles. The quantitative estimate of drug-likeness (QED) is 0.0946. The third-order valence-corrected chi connectivity index (χ3v) is 7.85. The van der Waals surface area contributed by atoms with Crippen LogP contribution in [0.15, 0.2) is 32.3 Å². The fourth-order valence-electron chi connectivity index (χ4n) is 3.86. The molecule has 3 rings (SSSR count). The molecule has 2 atom stereocenters. The first-order valence-electron chi connectivity index (χ1n) is 9.95. The van der Waals surface area contributed by atoms with E-state index in [0.29, 0.717) is 31.6 Å². The predicted octanol–water partition coefficient (Wildman–Crippen LogP) is -1.07. The average molecular weight is 472 g/mol. The van der Waals surface area contributed by atoms with E-state index in [1.807, 2.05) is 4.90 Å². The zero-order valence-electron chi connectivity index (χ0n) is 17.1. The summed E-state index contributed by atoms with van der Waals surface area (Å²) in [6.07, 6.45) is 2.31. The Bertz CT molecular complexity index is 969. The maximum Gasteiger partial charge on any atom is 0.240 e. The summed E-state index contributed by atoms with van der Waals surface area (Å²) < 4.78 is 38.3. The molecule has 0 saturated carbocycles. The first-order chi connectivity index (χ1) is 14.7. The Balaban J connectivity index is 2.06. The topological polar surface area (TPSA) is 205 Å². The van der Waals surface area contributed by atoms with Crippen molar-refractivity contribution < 1.29 is 12.6 Å². The smallest absolute Gasteiger partial charge is 0.240 e. The van der Waals surface area contributed by atoms with Gasteiger partial charge in [-0.15, -0.1) is 5.11 Å². The Labute approximate surface area is 184 Å². The molecule has 2 aliphatic heterocycles. The first-order valence-corrected chi connectivity index (χ1v) is 12.8. The van der Waals surface area contributed by atoms with E-state index in [1.165, 1.54) is 6.07 Å². The molecule has 1 unspecified atom stereocenters. The lowest BCUT2D eigenvalue weighted by Crippen LogP contribution is -2.40. The SMILES string of the molecule is N=C(N=NN)c1c(N2CCC(N)CC2)ccc(S(=O)CN[C@@H]2CCNC2)c1S(N)(=O)=O. The maximum absolute atomic E-state index is 13.1. The highest BCUT2D eigenvalue weighted by atomic mass is 32.2. The highest BCUT2D eigenvalue weighted by Gasteiger charge is 2.31. The number of anilines is 1. The Morgan fingerprint density at radius 2 is 2.03 bits per heavy atom. The van der Waals surface area contributed by atoms with Crippen LogP contribution >= 0.6 is 0 Å². The number of nitrogens with zero attached hydrogens (tertiary/aromatic N) is 3. The monoisotopic (exact) mass is 471 g/mol. The molecule has 1 aromatic carbocycles. The van der Waals surface area contributed by atoms with Crippen molar-refractivity contribution in [2.75, 3.05) is 37.0 Å². The molecule has 0 amide bonds. The number of hydrogen-bond donors (Lipinski definition) is 6. The van der Waals surface area contributed by atoms with Gasteiger partial charge in [0.15, 0.2) is 5.84 Å². The molecule has 31 heavy (non-hydrogen) atoms. The standard InChI is InChI=1S/C17H29N9O3S2/c18-11-4-7-26(8-5-11)13-1-2-14(30(27)10-23-12-3-6-22-9-12)16(31(21,28)29)15(13)17(19)24-25-20/h1-2,11-12,22-23H,3-10,18H2,(H3,19,20,24)(H2,21,28,29)/t12-,30?/m1/s1. The number of piperidine rings is 1. The predicted molar refractivity (Wildman–Crippen MR) is 119 cm³/mol. The zero-order valence-corrected chi connectivity index (χ0v) is 18.7. The van der Waals surface area contributed by atoms with Crippen LogP contribution in [0.1, 0.15) is 24.8 Å². The lowest BCUT2D eigenvalue weighted by atomic mass is 10.0. The van der Waals surface area contributed by atoms with Gasteiger partial charge in [0.2, 0.25) is 10.0 Å². The summed E-state index contributed by atoms with van der Waals surface area (Å²) in [6.45, 7) is 2.77. The second-order valence-electron chi connectivity index (χ2n) is 7.60. The normalized spacial score (nSPS) is 21.6. The highest BCUT2D eigenvalue weighted by molar-refractivity contribution is 7.91. The van der Waals surface area contributed by atoms with E-state index in [9.17, 15) is 12.6 Å². The molecule has 12 nitrogen and oxygen atoms in total. The zero-order chi connectivity index (χ0) is 22.6. The molecule has 2 saturated heterocycles. The molecular formula is C17H29N9O3S2. The fraction of sp³-hybridized carbons (Fsp3) is 0.588. The van der Waals surface area contributed by atoms with Crippen LogP contribution in [-0.4, -0.2) is 62.6 Å². The van der Waals surface area contributed by atoms with Gasteiger partial charge in [0.05, 0.1) is 27.1 Å². The van der Waals surface area contributed by atoms with E-state index in [2.05, 4.69) is 21.0 Å². The van der Waals surface area contributed by atoms with E-state index in [-0.39, 0.29) is 33.3 Å². The molecule has 0 aromatic heterocycles. The molecule has 0 spiro atoms. The van der Waals surface area contributed by atoms with Crippen LogP contribution in [0.3, 0.4) is 0 Å². The Morgan fingerprint density at radius 1 is 1.32 bits per heavy atom. The highest BCUT2D eigenvalue weighted by Crippen LogP contribution is 2.34. The maximum atomic E-state index is 13.1. The van der Waals surface area contributed by atoms with Gasteiger partial charge in [-0.1, -0.05) is 5.22 Å². The summed E-state index contributed by atoms with van der Waals surface area (Å²) in [5.41, 5.74) is 6.37. The summed E-state index contributed by atoms with van der Waals surface area (Å²) in [5, 5.41) is 26.9. The molecule has 2 fully saturated rings. The first kappa shape index (κ1) is 23.7. The number of nitrogens with one attached hydrogen (secondary N) is 3. The van der Waals surface area contributed by atoms with Crippen LogP contribution in [-0.2, 0) is 20.8 Å². The Kier molecular flexibility index (Phi) is 7.72. The molecule has 0 radical (unpaired) electrons. The summed E-state index contributed by atoms with van der Waals surface area (Å²) in [5.74, 6) is 4.70. The molecule has 0 bridgehead atoms. The van der Waals surface area contributed by atoms with Gasteiger partial charge in [-0.05, 0) is 37.9 Å². The number of amidine groups is 1. The minimum atomic E-state index is -4.35. The van der Waals surface area contributed by atoms with Crippen LogP contribution in [0.5, 0.6) is 0 Å². The number of benzene rings is 1. The van der Waals surface area contributed by atoms with Gasteiger partial charge in [-0.25, -0.2) is 13.6 Å². The van der Waals surface area contributed by atoms with Gasteiger partial charge in [-0.3, -0.25) is 9.62 Å². The number of rotatable bonds is 7. The molecule has 9 N–H and O–H groups in total. The fourth-order valence-corrected chi connectivity index (χ4v) is 6.39. The summed E-state index contributed by atoms with van der Waals surface area (Å²) in [7, 11) is -6.07. The minimum absolute atomic E-state index is 0.0189. The van der Waals surface area contributed by atoms with Gasteiger partial charge < -0.3 is 27.1 Å². The number of hydrogen-bond acceptors (Lipinski definition) is 9. The van der Waals surface area contributed by atoms with Crippen molar-refractivity contribution in [3.8, 4) is 0 Å². The van der Waals surface area contributed by atoms with Crippen LogP contribution in [0, 0.1) is 5.41 Å². The number of nitrogens with two attached hydrogens (primary N) is 3. The Hall–Kier alpha value is -1.97. The van der Waals surface area contributed by atoms with Crippen molar-refractivity contribution >= 4 is 32.3 Å². The molecule has 0 aliphatic carbocycles. The van der Waals surface area contributed by atoms with Crippen molar-refractivity contribution in [3.05, 3.63) is 17.7 Å². The van der Waals surface area contributed by atoms with Crippen molar-refractivity contribution in [3.63, 3.8) is 0 Å². The van der Waals surface area contributed by atoms with E-state index in [1.54, 1.807) is 6.07 Å². The summed E-state index contributed by atoms with van der Waals surface area (Å²) >= 11 is 0. The van der Waals surface area contributed by atoms with Crippen LogP contribution < -0.4 is 32.2 Å². The number of primary sulfonamides is 1. The molecule has 2 aliphatic rings. The molecular weight excluding hydrogens is 442 g/mol. The van der Waals surface area contributed by atoms with E-state index in [0.717, 1.165) is 19.5 Å². The van der Waals surface area contributed by atoms with E-state index < -0.39 is 26.7 Å². The molecule has 1 aromatic rings. The van der Waals surface area contributed by atoms with Crippen LogP contribution in [0.4, 0.5) is 5.69 Å². The lowest BCUT2D eigenvalue weighted by molar-refractivity contribution is 0.500. The van der Waals surface area contributed by atoms with E-state index >= 15 is 0 Å². The van der Waals surface area contributed by atoms with Crippen LogP contribution in [0.2, 0.25) is 0 Å². The summed E-state index contributed by atoms with van der Waals surface area (Å²) in [4.78, 5) is 1.55. The van der Waals surface area contributed by atoms with Gasteiger partial charge in [0.1, 0.15) is 4.90 Å². The lowest BCUT2D eigenvalue weighted by Gasteiger charge is -2.33. The van der Waals surface area contributed by atoms with Crippen molar-refractivity contribution in [2.24, 2.45) is 27.1 Å². The number of sulfonamides is 1. The van der Waals surface area contributed by atoms with Gasteiger partial charge in [-0.2, -0.15) is 0 Å². The molecule has 14 heteroatoms. The molecule has 172 valence electrons. The third kappa shape index (κ3) is 5.64. The second-order valence-corrected chi connectivity index (χ2v) is 10.5. The van der Waals surface area contributed by atoms with Gasteiger partial charge in [0.25, 0.3) is 0 Å². The van der Waals surface area contributed by atoms with Crippen LogP contribution in [0.25, 0.3) is 0 Å². The minimum Gasteiger partial charge on any atom is -0.371 e.